The summed E-state index contributed by atoms with van der Waals surface area (Å²) in [5.74, 6) is 2.65. The summed E-state index contributed by atoms with van der Waals surface area (Å²) in [5.41, 5.74) is 8.51. The summed E-state index contributed by atoms with van der Waals surface area (Å²) in [5, 5.41) is 0.747. The number of imidazole rings is 1. The zero-order valence-corrected chi connectivity index (χ0v) is 18.3. The van der Waals surface area contributed by atoms with E-state index in [9.17, 15) is 0 Å². The second-order valence-corrected chi connectivity index (χ2v) is 7.71. The molecule has 0 saturated heterocycles. The number of benzene rings is 2. The summed E-state index contributed by atoms with van der Waals surface area (Å²) >= 11 is 1.47. The maximum atomic E-state index is 6.08. The minimum atomic E-state index is 0.351. The molecule has 2 aromatic carbocycles. The zero-order chi connectivity index (χ0) is 21.8. The van der Waals surface area contributed by atoms with Crippen molar-refractivity contribution in [2.75, 3.05) is 27.1 Å². The SMILES string of the molecule is COc1cccc(CCn2c(Sc3cc(OC)ccc3OC)nc3c(N)ncnc32)c1. The highest BCUT2D eigenvalue weighted by atomic mass is 32.2. The van der Waals surface area contributed by atoms with Gasteiger partial charge in [0.25, 0.3) is 0 Å². The number of ether oxygens (including phenoxy) is 3. The number of rotatable bonds is 8. The van der Waals surface area contributed by atoms with Crippen LogP contribution < -0.4 is 19.9 Å². The van der Waals surface area contributed by atoms with E-state index in [0.717, 1.165) is 39.3 Å². The second kappa shape index (κ2) is 9.13. The summed E-state index contributed by atoms with van der Waals surface area (Å²) in [6.45, 7) is 0.661. The van der Waals surface area contributed by atoms with Crippen LogP contribution in [0.1, 0.15) is 5.56 Å². The molecule has 9 heteroatoms. The first-order valence-electron chi connectivity index (χ1n) is 9.62. The van der Waals surface area contributed by atoms with Gasteiger partial charge >= 0.3 is 0 Å². The van der Waals surface area contributed by atoms with E-state index < -0.39 is 0 Å². The number of methoxy groups -OCH3 is 3. The molecular formula is C22H23N5O3S. The first kappa shape index (κ1) is 20.8. The first-order chi connectivity index (χ1) is 15.1. The highest BCUT2D eigenvalue weighted by molar-refractivity contribution is 7.99. The predicted molar refractivity (Wildman–Crippen MR) is 120 cm³/mol. The highest BCUT2D eigenvalue weighted by Crippen LogP contribution is 2.38. The van der Waals surface area contributed by atoms with Crippen molar-refractivity contribution in [3.05, 3.63) is 54.4 Å². The van der Waals surface area contributed by atoms with Crippen molar-refractivity contribution in [1.82, 2.24) is 19.5 Å². The Hall–Kier alpha value is -3.46. The van der Waals surface area contributed by atoms with E-state index in [2.05, 4.69) is 20.6 Å². The fourth-order valence-corrected chi connectivity index (χ4v) is 4.29. The van der Waals surface area contributed by atoms with E-state index in [0.29, 0.717) is 23.5 Å². The van der Waals surface area contributed by atoms with Crippen LogP contribution in [0.15, 0.2) is 58.8 Å². The third-order valence-corrected chi connectivity index (χ3v) is 5.89. The number of nitrogens with zero attached hydrogens (tertiary/aromatic N) is 4. The Labute approximate surface area is 184 Å². The largest absolute Gasteiger partial charge is 0.497 e. The third kappa shape index (κ3) is 4.36. The van der Waals surface area contributed by atoms with E-state index in [1.54, 1.807) is 21.3 Å². The maximum Gasteiger partial charge on any atom is 0.175 e. The minimum absolute atomic E-state index is 0.351. The van der Waals surface area contributed by atoms with Crippen LogP contribution in [0.5, 0.6) is 17.2 Å². The molecule has 4 aromatic rings. The Balaban J connectivity index is 1.72. The number of aromatic nitrogens is 4. The monoisotopic (exact) mass is 437 g/mol. The lowest BCUT2D eigenvalue weighted by Crippen LogP contribution is -2.05. The molecule has 2 heterocycles. The average Bonchev–Trinajstić information content (AvgIpc) is 3.16. The molecule has 160 valence electrons. The smallest absolute Gasteiger partial charge is 0.175 e. The van der Waals surface area contributed by atoms with Crippen LogP contribution in [0.3, 0.4) is 0 Å². The number of fused-ring (bicyclic) bond motifs is 1. The Kier molecular flexibility index (Phi) is 6.13. The number of nitrogens with two attached hydrogens (primary N) is 1. The van der Waals surface area contributed by atoms with Gasteiger partial charge in [-0.15, -0.1) is 0 Å². The second-order valence-electron chi connectivity index (χ2n) is 6.70. The van der Waals surface area contributed by atoms with E-state index >= 15 is 0 Å². The molecule has 2 N–H and O–H groups in total. The van der Waals surface area contributed by atoms with Gasteiger partial charge in [0, 0.05) is 6.54 Å². The van der Waals surface area contributed by atoms with Gasteiger partial charge in [0.2, 0.25) is 0 Å². The normalized spacial score (nSPS) is 10.9. The average molecular weight is 438 g/mol. The zero-order valence-electron chi connectivity index (χ0n) is 17.5. The molecule has 0 aliphatic carbocycles. The van der Waals surface area contributed by atoms with E-state index in [1.165, 1.54) is 18.1 Å². The molecule has 4 rings (SSSR count). The van der Waals surface area contributed by atoms with Crippen LogP contribution in [0.4, 0.5) is 5.82 Å². The van der Waals surface area contributed by atoms with Crippen molar-refractivity contribution >= 4 is 28.7 Å². The molecule has 0 amide bonds. The number of hydrogen-bond donors (Lipinski definition) is 1. The van der Waals surface area contributed by atoms with Gasteiger partial charge in [-0.2, -0.15) is 0 Å². The van der Waals surface area contributed by atoms with Crippen molar-refractivity contribution in [2.24, 2.45) is 0 Å². The molecule has 0 aliphatic rings. The number of anilines is 1. The van der Waals surface area contributed by atoms with Crippen LogP contribution in [0, 0.1) is 0 Å². The molecule has 0 bridgehead atoms. The van der Waals surface area contributed by atoms with Gasteiger partial charge in [-0.05, 0) is 54.1 Å². The molecule has 0 fully saturated rings. The Morgan fingerprint density at radius 3 is 2.55 bits per heavy atom. The van der Waals surface area contributed by atoms with Crippen LogP contribution in [-0.2, 0) is 13.0 Å². The third-order valence-electron chi connectivity index (χ3n) is 4.86. The molecule has 0 spiro atoms. The van der Waals surface area contributed by atoms with Crippen LogP contribution in [0.2, 0.25) is 0 Å². The fraction of sp³-hybridized carbons (Fsp3) is 0.227. The molecule has 0 radical (unpaired) electrons. The lowest BCUT2D eigenvalue weighted by Gasteiger charge is -2.12. The summed E-state index contributed by atoms with van der Waals surface area (Å²) in [6, 6.07) is 13.7. The van der Waals surface area contributed by atoms with Gasteiger partial charge < -0.3 is 24.5 Å². The quantitative estimate of drug-likeness (QED) is 0.444. The molecule has 8 nitrogen and oxygen atoms in total. The van der Waals surface area contributed by atoms with E-state index in [-0.39, 0.29) is 0 Å². The van der Waals surface area contributed by atoms with Gasteiger partial charge in [-0.3, -0.25) is 0 Å². The van der Waals surface area contributed by atoms with Crippen molar-refractivity contribution in [3.63, 3.8) is 0 Å². The summed E-state index contributed by atoms with van der Waals surface area (Å²) < 4.78 is 18.3. The van der Waals surface area contributed by atoms with Gasteiger partial charge in [0.05, 0.1) is 26.2 Å². The summed E-state index contributed by atoms with van der Waals surface area (Å²) in [6.07, 6.45) is 2.23. The van der Waals surface area contributed by atoms with Crippen molar-refractivity contribution in [2.45, 2.75) is 23.0 Å². The maximum absolute atomic E-state index is 6.08. The fourth-order valence-electron chi connectivity index (χ4n) is 3.24. The van der Waals surface area contributed by atoms with Gasteiger partial charge in [-0.1, -0.05) is 12.1 Å². The van der Waals surface area contributed by atoms with Crippen LogP contribution in [-0.4, -0.2) is 40.8 Å². The standard InChI is InChI=1S/C22H23N5O3S/c1-28-15-6-4-5-14(11-15)9-10-27-21-19(20(23)24-13-25-21)26-22(27)31-18-12-16(29-2)7-8-17(18)30-3/h4-8,11-13H,9-10H2,1-3H3,(H2,23,24,25). The van der Waals surface area contributed by atoms with Crippen molar-refractivity contribution in [3.8, 4) is 17.2 Å². The Morgan fingerprint density at radius 2 is 1.77 bits per heavy atom. The van der Waals surface area contributed by atoms with E-state index in [1.807, 2.05) is 36.4 Å². The molecule has 2 aromatic heterocycles. The van der Waals surface area contributed by atoms with Gasteiger partial charge in [0.1, 0.15) is 23.6 Å². The highest BCUT2D eigenvalue weighted by Gasteiger charge is 2.18. The predicted octanol–water partition coefficient (Wildman–Crippen LogP) is 3.83. The Bertz CT molecular complexity index is 1210. The molecular weight excluding hydrogens is 414 g/mol. The number of nitrogen functional groups attached to an aromatic ring is 1. The summed E-state index contributed by atoms with van der Waals surface area (Å²) in [4.78, 5) is 14.2. The molecule has 31 heavy (non-hydrogen) atoms. The van der Waals surface area contributed by atoms with Gasteiger partial charge in [-0.25, -0.2) is 15.0 Å². The number of hydrogen-bond acceptors (Lipinski definition) is 8. The molecule has 0 saturated carbocycles. The van der Waals surface area contributed by atoms with Crippen LogP contribution >= 0.6 is 11.8 Å². The molecule has 0 atom stereocenters. The Morgan fingerprint density at radius 1 is 0.968 bits per heavy atom. The summed E-state index contributed by atoms with van der Waals surface area (Å²) in [7, 11) is 4.94. The van der Waals surface area contributed by atoms with Crippen LogP contribution in [0.25, 0.3) is 11.2 Å². The lowest BCUT2D eigenvalue weighted by molar-refractivity contribution is 0.394. The van der Waals surface area contributed by atoms with Gasteiger partial charge in [0.15, 0.2) is 22.1 Å². The number of aryl methyl sites for hydroxylation is 2. The molecule has 0 unspecified atom stereocenters. The topological polar surface area (TPSA) is 97.3 Å². The first-order valence-corrected chi connectivity index (χ1v) is 10.4. The van der Waals surface area contributed by atoms with E-state index in [4.69, 9.17) is 24.9 Å². The molecule has 0 aliphatic heterocycles. The van der Waals surface area contributed by atoms with Crippen molar-refractivity contribution in [1.29, 1.82) is 0 Å². The lowest BCUT2D eigenvalue weighted by atomic mass is 10.1. The minimum Gasteiger partial charge on any atom is -0.497 e. The van der Waals surface area contributed by atoms with Crippen molar-refractivity contribution < 1.29 is 14.2 Å².